The van der Waals surface area contributed by atoms with Gasteiger partial charge in [-0.1, -0.05) is 18.2 Å². The summed E-state index contributed by atoms with van der Waals surface area (Å²) in [6.45, 7) is 0.952. The van der Waals surface area contributed by atoms with E-state index in [9.17, 15) is 38.7 Å². The van der Waals surface area contributed by atoms with E-state index in [2.05, 4.69) is 26.3 Å². The van der Waals surface area contributed by atoms with Crippen LogP contribution in [0.5, 0.6) is 0 Å². The summed E-state index contributed by atoms with van der Waals surface area (Å²) in [4.78, 5) is 92.0. The van der Waals surface area contributed by atoms with Gasteiger partial charge in [0, 0.05) is 18.7 Å². The summed E-state index contributed by atoms with van der Waals surface area (Å²) < 4.78 is 0. The van der Waals surface area contributed by atoms with Crippen molar-refractivity contribution < 1.29 is 43.8 Å². The molecule has 1 aromatic carbocycles. The molecule has 1 aromatic rings. The molecule has 0 saturated carbocycles. The van der Waals surface area contributed by atoms with Gasteiger partial charge in [0.2, 0.25) is 23.6 Å². The number of benzene rings is 1. The lowest BCUT2D eigenvalue weighted by molar-refractivity contribution is -0.142. The van der Waals surface area contributed by atoms with Crippen molar-refractivity contribution in [3.05, 3.63) is 35.9 Å². The number of hydrogen-bond donors (Lipinski definition) is 8. The summed E-state index contributed by atoms with van der Waals surface area (Å²) >= 11 is 0. The van der Waals surface area contributed by atoms with Crippen LogP contribution in [0.25, 0.3) is 0 Å². The summed E-state index contributed by atoms with van der Waals surface area (Å²) in [5.41, 5.74) is 11.1. The van der Waals surface area contributed by atoms with Crippen LogP contribution < -0.4 is 32.7 Å². The molecule has 10 N–H and O–H groups in total. The number of rotatable bonds is 16. The van der Waals surface area contributed by atoms with Gasteiger partial charge in [0.15, 0.2) is 5.96 Å². The normalized spacial score (nSPS) is 16.0. The predicted octanol–water partition coefficient (Wildman–Crippen LogP) is -2.51. The minimum absolute atomic E-state index is 0.00933. The molecule has 2 rings (SSSR count). The largest absolute Gasteiger partial charge is 0.481 e. The van der Waals surface area contributed by atoms with Gasteiger partial charge < -0.3 is 47.8 Å². The molecule has 1 aliphatic heterocycles. The maximum Gasteiger partial charge on any atom is 0.325 e. The zero-order valence-electron chi connectivity index (χ0n) is 24.2. The first-order valence-corrected chi connectivity index (χ1v) is 13.8. The van der Waals surface area contributed by atoms with Crippen LogP contribution in [0.1, 0.15) is 49.4 Å². The first-order valence-electron chi connectivity index (χ1n) is 13.8. The Hall–Kier alpha value is -5.22. The monoisotopic (exact) mass is 618 g/mol. The van der Waals surface area contributed by atoms with Crippen molar-refractivity contribution in [2.45, 2.75) is 63.2 Å². The Labute approximate surface area is 252 Å². The van der Waals surface area contributed by atoms with Crippen molar-refractivity contribution in [2.75, 3.05) is 19.6 Å². The summed E-state index contributed by atoms with van der Waals surface area (Å²) in [7, 11) is 0. The average Bonchev–Trinajstić information content (AvgIpc) is 3.47. The number of likely N-dealkylation sites (tertiary alicyclic amines) is 1. The number of carbonyl (C=O) groups is 7. The molecule has 1 fully saturated rings. The lowest BCUT2D eigenvalue weighted by Crippen LogP contribution is -2.57. The van der Waals surface area contributed by atoms with Crippen LogP contribution in [0.3, 0.4) is 0 Å². The van der Waals surface area contributed by atoms with Crippen LogP contribution in [-0.4, -0.2) is 106 Å². The number of hydrogen-bond acceptors (Lipinski definition) is 8. The number of nitrogens with two attached hydrogens (primary N) is 2. The van der Waals surface area contributed by atoms with E-state index < -0.39 is 72.7 Å². The van der Waals surface area contributed by atoms with E-state index in [0.29, 0.717) is 24.9 Å². The van der Waals surface area contributed by atoms with Crippen LogP contribution in [0.2, 0.25) is 0 Å². The van der Waals surface area contributed by atoms with Crippen molar-refractivity contribution in [1.29, 1.82) is 0 Å². The van der Waals surface area contributed by atoms with E-state index in [0.717, 1.165) is 0 Å². The number of aliphatic carboxylic acids is 2. The summed E-state index contributed by atoms with van der Waals surface area (Å²) in [5, 5.41) is 27.4. The van der Waals surface area contributed by atoms with E-state index in [-0.39, 0.29) is 31.3 Å². The highest BCUT2D eigenvalue weighted by Gasteiger charge is 2.37. The zero-order chi connectivity index (χ0) is 32.8. The third kappa shape index (κ3) is 11.2. The van der Waals surface area contributed by atoms with Crippen molar-refractivity contribution in [3.8, 4) is 0 Å². The molecule has 1 saturated heterocycles. The summed E-state index contributed by atoms with van der Waals surface area (Å²) in [6.07, 6.45) is 0.244. The Morgan fingerprint density at radius 2 is 1.66 bits per heavy atom. The molecule has 0 spiro atoms. The first kappa shape index (κ1) is 35.0. The third-order valence-corrected chi connectivity index (χ3v) is 6.60. The van der Waals surface area contributed by atoms with Crippen LogP contribution in [-0.2, 0) is 28.8 Å². The molecule has 0 radical (unpaired) electrons. The van der Waals surface area contributed by atoms with E-state index in [4.69, 9.17) is 16.6 Å². The maximum atomic E-state index is 13.3. The smallest absolute Gasteiger partial charge is 0.325 e. The Morgan fingerprint density at radius 3 is 2.27 bits per heavy atom. The molecular weight excluding hydrogens is 580 g/mol. The third-order valence-electron chi connectivity index (χ3n) is 6.60. The van der Waals surface area contributed by atoms with Gasteiger partial charge in [-0.3, -0.25) is 38.6 Å². The Morgan fingerprint density at radius 1 is 0.977 bits per heavy atom. The van der Waals surface area contributed by atoms with Gasteiger partial charge in [0.05, 0.1) is 13.0 Å². The number of amides is 5. The highest BCUT2D eigenvalue weighted by molar-refractivity contribution is 5.99. The Balaban J connectivity index is 2.15. The molecule has 1 heterocycles. The molecule has 0 bridgehead atoms. The van der Waals surface area contributed by atoms with Crippen molar-refractivity contribution in [2.24, 2.45) is 16.5 Å². The van der Waals surface area contributed by atoms with E-state index >= 15 is 0 Å². The van der Waals surface area contributed by atoms with Gasteiger partial charge in [-0.2, -0.15) is 0 Å². The molecule has 17 heteroatoms. The number of nitrogens with zero attached hydrogens (tertiary/aromatic N) is 2. The molecule has 0 aliphatic carbocycles. The average molecular weight is 619 g/mol. The molecule has 0 unspecified atom stereocenters. The van der Waals surface area contributed by atoms with Gasteiger partial charge in [0.1, 0.15) is 24.2 Å². The van der Waals surface area contributed by atoms with Gasteiger partial charge >= 0.3 is 11.9 Å². The van der Waals surface area contributed by atoms with Crippen molar-refractivity contribution in [3.63, 3.8) is 0 Å². The lowest BCUT2D eigenvalue weighted by Gasteiger charge is -2.27. The van der Waals surface area contributed by atoms with Crippen LogP contribution in [0, 0.1) is 0 Å². The topological polar surface area (TPSA) is 276 Å². The fourth-order valence-electron chi connectivity index (χ4n) is 4.37. The molecular formula is C27H38N8O9. The van der Waals surface area contributed by atoms with Gasteiger partial charge in [-0.25, -0.2) is 0 Å². The first-order chi connectivity index (χ1) is 20.8. The number of carboxylic acids is 2. The fraction of sp³-hybridized carbons (Fsp3) is 0.481. The lowest BCUT2D eigenvalue weighted by atomic mass is 10.1. The zero-order valence-corrected chi connectivity index (χ0v) is 24.2. The Kier molecular flexibility index (Phi) is 13.5. The van der Waals surface area contributed by atoms with Gasteiger partial charge in [-0.15, -0.1) is 0 Å². The maximum absolute atomic E-state index is 13.3. The van der Waals surface area contributed by atoms with Gasteiger partial charge in [0.25, 0.3) is 5.91 Å². The second kappa shape index (κ2) is 17.0. The summed E-state index contributed by atoms with van der Waals surface area (Å²) in [5.74, 6) is -6.68. The second-order valence-electron chi connectivity index (χ2n) is 10.0. The SMILES string of the molecule is C[C@H](NC(=O)CNC(=O)[C@H](CC(=O)O)NC(=O)[C@H](CCCN=C(N)N)NC(=O)[C@@H]1CCCN1C(=O)c1ccccc1)C(=O)O. The predicted molar refractivity (Wildman–Crippen MR) is 155 cm³/mol. The minimum atomic E-state index is -1.65. The Bertz CT molecular complexity index is 1250. The minimum Gasteiger partial charge on any atom is -0.481 e. The highest BCUT2D eigenvalue weighted by atomic mass is 16.4. The summed E-state index contributed by atoms with van der Waals surface area (Å²) in [6, 6.07) is 3.36. The highest BCUT2D eigenvalue weighted by Crippen LogP contribution is 2.21. The molecule has 240 valence electrons. The molecule has 1 aliphatic rings. The number of aliphatic imine (C=N–C) groups is 1. The van der Waals surface area contributed by atoms with E-state index in [1.54, 1.807) is 30.3 Å². The number of carbonyl (C=O) groups excluding carboxylic acids is 5. The fourth-order valence-corrected chi connectivity index (χ4v) is 4.37. The second-order valence-corrected chi connectivity index (χ2v) is 10.0. The molecule has 5 amide bonds. The van der Waals surface area contributed by atoms with Crippen molar-refractivity contribution in [1.82, 2.24) is 26.2 Å². The standard InChI is InChI=1S/C27H38N8O9/c1-15(26(43)44)32-20(36)14-31-22(39)18(13-21(37)38)34-23(40)17(9-5-11-30-27(28)29)33-24(41)19-10-6-12-35(19)25(42)16-7-3-2-4-8-16/h2-4,7-8,15,17-19H,5-6,9-14H2,1H3,(H,31,39)(H,32,36)(H,33,41)(H,34,40)(H,37,38)(H,43,44)(H4,28,29,30)/t15-,17-,18-,19-/m0/s1. The van der Waals surface area contributed by atoms with Crippen LogP contribution >= 0.6 is 0 Å². The van der Waals surface area contributed by atoms with Crippen LogP contribution in [0.4, 0.5) is 0 Å². The van der Waals surface area contributed by atoms with Gasteiger partial charge in [-0.05, 0) is 44.7 Å². The number of nitrogens with one attached hydrogen (secondary N) is 4. The number of carboxylic acid groups (broad SMARTS) is 2. The van der Waals surface area contributed by atoms with Crippen LogP contribution in [0.15, 0.2) is 35.3 Å². The van der Waals surface area contributed by atoms with E-state index in [1.165, 1.54) is 11.8 Å². The van der Waals surface area contributed by atoms with E-state index in [1.807, 2.05) is 0 Å². The quantitative estimate of drug-likeness (QED) is 0.0544. The molecule has 4 atom stereocenters. The number of guanidine groups is 1. The molecule has 44 heavy (non-hydrogen) atoms. The van der Waals surface area contributed by atoms with Crippen molar-refractivity contribution >= 4 is 47.4 Å². The molecule has 17 nitrogen and oxygen atoms in total. The molecule has 0 aromatic heterocycles.